The summed E-state index contributed by atoms with van der Waals surface area (Å²) in [5, 5.41) is 8.49. The SMILES string of the molecule is COC(=O)C(=O)C(CC1CCC1)NC(=O)[C@@H]1[C@@H]2[C@H](CN1C(=O)C(NC(=O)NC(C)(C)C)C(C)(C)C)C2(C)C. The van der Waals surface area contributed by atoms with Gasteiger partial charge in [0.2, 0.25) is 11.8 Å². The second-order valence-electron chi connectivity index (χ2n) is 14.0. The van der Waals surface area contributed by atoms with Crippen molar-refractivity contribution in [2.75, 3.05) is 13.7 Å². The highest BCUT2D eigenvalue weighted by Crippen LogP contribution is 2.65. The van der Waals surface area contributed by atoms with E-state index in [2.05, 4.69) is 34.5 Å². The zero-order valence-electron chi connectivity index (χ0n) is 24.4. The Balaban J connectivity index is 1.84. The summed E-state index contributed by atoms with van der Waals surface area (Å²) in [6, 6.07) is -3.12. The summed E-state index contributed by atoms with van der Waals surface area (Å²) in [4.78, 5) is 66.9. The van der Waals surface area contributed by atoms with Crippen molar-refractivity contribution in [2.24, 2.45) is 28.6 Å². The van der Waals surface area contributed by atoms with E-state index in [0.717, 1.165) is 26.4 Å². The molecule has 0 spiro atoms. The molecule has 5 atom stereocenters. The molecule has 10 nitrogen and oxygen atoms in total. The largest absolute Gasteiger partial charge is 0.463 e. The molecule has 1 saturated heterocycles. The number of esters is 1. The Morgan fingerprint density at radius 1 is 1.00 bits per heavy atom. The molecule has 4 amide bonds. The summed E-state index contributed by atoms with van der Waals surface area (Å²) in [6.45, 7) is 15.7. The van der Waals surface area contributed by atoms with Crippen LogP contribution in [0.15, 0.2) is 0 Å². The standard InChI is InChI=1S/C28H46N4O6/c1-26(2,3)21(30-25(37)31-27(4,5)6)23(35)32-14-16-18(28(16,7)8)19(32)22(34)29-17(13-15-11-10-12-15)20(33)24(36)38-9/h15-19,21H,10-14H2,1-9H3,(H,29,34)(H2,30,31,37)/t16-,17?,18-,19-,21?/m0/s1. The molecular formula is C28H46N4O6. The Hall–Kier alpha value is -2.65. The minimum atomic E-state index is -0.993. The number of Topliss-reactive ketones (excluding diaryl/α,β-unsaturated/α-hetero) is 1. The van der Waals surface area contributed by atoms with Crippen LogP contribution in [0.25, 0.3) is 0 Å². The second-order valence-corrected chi connectivity index (χ2v) is 14.0. The number of likely N-dealkylation sites (tertiary alicyclic amines) is 1. The van der Waals surface area contributed by atoms with E-state index in [4.69, 9.17) is 0 Å². The van der Waals surface area contributed by atoms with Crippen molar-refractivity contribution in [2.45, 2.75) is 105 Å². The number of carbonyl (C=O) groups is 5. The number of amides is 4. The third kappa shape index (κ3) is 6.31. The van der Waals surface area contributed by atoms with E-state index in [1.165, 1.54) is 0 Å². The van der Waals surface area contributed by atoms with Crippen molar-refractivity contribution in [3.8, 4) is 0 Å². The third-order valence-electron chi connectivity index (χ3n) is 8.45. The van der Waals surface area contributed by atoms with Crippen LogP contribution in [0.2, 0.25) is 0 Å². The molecule has 3 N–H and O–H groups in total. The van der Waals surface area contributed by atoms with Crippen molar-refractivity contribution in [3.63, 3.8) is 0 Å². The van der Waals surface area contributed by atoms with E-state index in [0.29, 0.717) is 13.0 Å². The van der Waals surface area contributed by atoms with Crippen LogP contribution >= 0.6 is 0 Å². The molecule has 0 bridgehead atoms. The summed E-state index contributed by atoms with van der Waals surface area (Å²) >= 11 is 0. The summed E-state index contributed by atoms with van der Waals surface area (Å²) in [5.41, 5.74) is -1.25. The molecule has 3 rings (SSSR count). The second kappa shape index (κ2) is 10.5. The number of fused-ring (bicyclic) bond motifs is 1. The van der Waals surface area contributed by atoms with E-state index in [1.54, 1.807) is 4.90 Å². The maximum Gasteiger partial charge on any atom is 0.376 e. The van der Waals surface area contributed by atoms with Crippen LogP contribution in [-0.2, 0) is 23.9 Å². The molecule has 0 aromatic heterocycles. The van der Waals surface area contributed by atoms with Gasteiger partial charge in [-0.3, -0.25) is 14.4 Å². The van der Waals surface area contributed by atoms with E-state index in [9.17, 15) is 24.0 Å². The average molecular weight is 535 g/mol. The molecule has 38 heavy (non-hydrogen) atoms. The molecule has 2 aliphatic carbocycles. The lowest BCUT2D eigenvalue weighted by molar-refractivity contribution is -0.153. The summed E-state index contributed by atoms with van der Waals surface area (Å²) < 4.78 is 4.64. The van der Waals surface area contributed by atoms with Crippen molar-refractivity contribution in [1.29, 1.82) is 0 Å². The quantitative estimate of drug-likeness (QED) is 0.323. The summed E-state index contributed by atoms with van der Waals surface area (Å²) in [7, 11) is 1.15. The van der Waals surface area contributed by atoms with Crippen LogP contribution in [0.3, 0.4) is 0 Å². The van der Waals surface area contributed by atoms with Gasteiger partial charge in [-0.05, 0) is 55.8 Å². The summed E-state index contributed by atoms with van der Waals surface area (Å²) in [5.74, 6) is -2.22. The number of methoxy groups -OCH3 is 1. The van der Waals surface area contributed by atoms with Gasteiger partial charge in [0.25, 0.3) is 5.78 Å². The predicted octanol–water partition coefficient (Wildman–Crippen LogP) is 2.40. The van der Waals surface area contributed by atoms with Crippen LogP contribution in [0.4, 0.5) is 4.79 Å². The highest BCUT2D eigenvalue weighted by atomic mass is 16.5. The fourth-order valence-electron chi connectivity index (χ4n) is 5.93. The Morgan fingerprint density at radius 3 is 2.08 bits per heavy atom. The zero-order chi connectivity index (χ0) is 28.8. The van der Waals surface area contributed by atoms with Gasteiger partial charge in [-0.1, -0.05) is 53.9 Å². The van der Waals surface area contributed by atoms with E-state index < -0.39 is 52.8 Å². The molecule has 1 heterocycles. The number of hydrogen-bond acceptors (Lipinski definition) is 6. The lowest BCUT2D eigenvalue weighted by Crippen LogP contribution is -2.62. The number of ether oxygens (including phenoxy) is 1. The lowest BCUT2D eigenvalue weighted by Gasteiger charge is -2.38. The normalized spacial score (nSPS) is 25.8. The van der Waals surface area contributed by atoms with Gasteiger partial charge in [0, 0.05) is 12.1 Å². The number of rotatable bonds is 8. The highest BCUT2D eigenvalue weighted by Gasteiger charge is 2.70. The number of ketones is 1. The smallest absolute Gasteiger partial charge is 0.376 e. The van der Waals surface area contributed by atoms with E-state index in [-0.39, 0.29) is 29.1 Å². The first-order chi connectivity index (χ1) is 17.4. The Morgan fingerprint density at radius 2 is 1.61 bits per heavy atom. The first-order valence-electron chi connectivity index (χ1n) is 13.7. The van der Waals surface area contributed by atoms with Gasteiger partial charge >= 0.3 is 12.0 Å². The van der Waals surface area contributed by atoms with Gasteiger partial charge < -0.3 is 25.6 Å². The van der Waals surface area contributed by atoms with Crippen LogP contribution in [0, 0.1) is 28.6 Å². The van der Waals surface area contributed by atoms with Crippen LogP contribution in [0.1, 0.15) is 81.1 Å². The Bertz CT molecular complexity index is 975. The molecule has 214 valence electrons. The Labute approximate surface area is 226 Å². The predicted molar refractivity (Wildman–Crippen MR) is 142 cm³/mol. The number of urea groups is 1. The fourth-order valence-corrected chi connectivity index (χ4v) is 5.93. The van der Waals surface area contributed by atoms with E-state index in [1.807, 2.05) is 41.5 Å². The maximum absolute atomic E-state index is 14.0. The minimum absolute atomic E-state index is 0.0759. The number of piperidine rings is 1. The first kappa shape index (κ1) is 29.9. The van der Waals surface area contributed by atoms with Gasteiger partial charge in [-0.15, -0.1) is 0 Å². The maximum atomic E-state index is 14.0. The van der Waals surface area contributed by atoms with E-state index >= 15 is 0 Å². The highest BCUT2D eigenvalue weighted by molar-refractivity contribution is 6.36. The van der Waals surface area contributed by atoms with Crippen LogP contribution < -0.4 is 16.0 Å². The number of nitrogens with zero attached hydrogens (tertiary/aromatic N) is 1. The zero-order valence-corrected chi connectivity index (χ0v) is 24.4. The average Bonchev–Trinajstić information content (AvgIpc) is 3.08. The minimum Gasteiger partial charge on any atom is -0.463 e. The number of carbonyl (C=O) groups excluding carboxylic acids is 5. The molecule has 0 radical (unpaired) electrons. The number of nitrogens with one attached hydrogen (secondary N) is 3. The van der Waals surface area contributed by atoms with Gasteiger partial charge in [0.05, 0.1) is 13.2 Å². The molecule has 10 heteroatoms. The monoisotopic (exact) mass is 534 g/mol. The molecular weight excluding hydrogens is 488 g/mol. The van der Waals surface area contributed by atoms with Gasteiger partial charge in [0.15, 0.2) is 0 Å². The summed E-state index contributed by atoms with van der Waals surface area (Å²) in [6.07, 6.45) is 3.33. The Kier molecular flexibility index (Phi) is 8.25. The van der Waals surface area contributed by atoms with Gasteiger partial charge in [-0.2, -0.15) is 0 Å². The topological polar surface area (TPSA) is 134 Å². The van der Waals surface area contributed by atoms with Gasteiger partial charge in [-0.25, -0.2) is 9.59 Å². The van der Waals surface area contributed by atoms with Crippen molar-refractivity contribution in [1.82, 2.24) is 20.9 Å². The van der Waals surface area contributed by atoms with Crippen molar-refractivity contribution < 1.29 is 28.7 Å². The molecule has 2 unspecified atom stereocenters. The molecule has 3 aliphatic rings. The molecule has 1 aliphatic heterocycles. The molecule has 2 saturated carbocycles. The van der Waals surface area contributed by atoms with Gasteiger partial charge in [0.1, 0.15) is 12.1 Å². The molecule has 0 aromatic carbocycles. The fraction of sp³-hybridized carbons (Fsp3) is 0.821. The third-order valence-corrected chi connectivity index (χ3v) is 8.45. The van der Waals surface area contributed by atoms with Crippen molar-refractivity contribution in [3.05, 3.63) is 0 Å². The number of hydrogen-bond donors (Lipinski definition) is 3. The first-order valence-corrected chi connectivity index (χ1v) is 13.7. The lowest BCUT2D eigenvalue weighted by atomic mass is 9.80. The molecule has 0 aromatic rings. The van der Waals surface area contributed by atoms with Crippen LogP contribution in [-0.4, -0.2) is 71.8 Å². The van der Waals surface area contributed by atoms with Crippen molar-refractivity contribution >= 4 is 29.6 Å². The molecule has 3 fully saturated rings. The van der Waals surface area contributed by atoms with Crippen LogP contribution in [0.5, 0.6) is 0 Å².